The van der Waals surface area contributed by atoms with E-state index in [0.717, 1.165) is 12.8 Å². The average molecular weight is 251 g/mol. The van der Waals surface area contributed by atoms with Gasteiger partial charge >= 0.3 is 5.97 Å². The van der Waals surface area contributed by atoms with Crippen molar-refractivity contribution in [3.63, 3.8) is 0 Å². The molecule has 2 N–H and O–H groups in total. The van der Waals surface area contributed by atoms with E-state index in [1.807, 2.05) is 4.90 Å². The highest BCUT2D eigenvalue weighted by atomic mass is 16.4. The molecule has 18 heavy (non-hydrogen) atoms. The number of carbonyl (C=O) groups excluding carboxylic acids is 1. The Kier molecular flexibility index (Phi) is 1.84. The van der Waals surface area contributed by atoms with E-state index in [9.17, 15) is 14.7 Å². The van der Waals surface area contributed by atoms with Crippen LogP contribution in [0.25, 0.3) is 0 Å². The zero-order valence-corrected chi connectivity index (χ0v) is 10.1. The van der Waals surface area contributed by atoms with Crippen LogP contribution >= 0.6 is 0 Å². The first kappa shape index (κ1) is 10.8. The third-order valence-corrected chi connectivity index (χ3v) is 5.67. The van der Waals surface area contributed by atoms with E-state index in [1.54, 1.807) is 0 Å². The van der Waals surface area contributed by atoms with Gasteiger partial charge < -0.3 is 15.1 Å². The molecule has 98 valence electrons. The summed E-state index contributed by atoms with van der Waals surface area (Å²) < 4.78 is 0. The van der Waals surface area contributed by atoms with E-state index in [1.165, 1.54) is 0 Å². The van der Waals surface area contributed by atoms with Crippen LogP contribution in [0, 0.1) is 29.1 Å². The second-order valence-electron chi connectivity index (χ2n) is 6.47. The van der Waals surface area contributed by atoms with Gasteiger partial charge in [-0.15, -0.1) is 0 Å². The summed E-state index contributed by atoms with van der Waals surface area (Å²) in [4.78, 5) is 25.2. The van der Waals surface area contributed by atoms with Gasteiger partial charge in [0.1, 0.15) is 0 Å². The summed E-state index contributed by atoms with van der Waals surface area (Å²) >= 11 is 0. The van der Waals surface area contributed by atoms with Gasteiger partial charge in [-0.25, -0.2) is 0 Å². The minimum absolute atomic E-state index is 0.173. The largest absolute Gasteiger partial charge is 0.481 e. The Morgan fingerprint density at radius 2 is 2.00 bits per heavy atom. The lowest BCUT2D eigenvalue weighted by Gasteiger charge is -2.36. The minimum atomic E-state index is -0.708. The Labute approximate surface area is 105 Å². The van der Waals surface area contributed by atoms with Crippen LogP contribution in [0.15, 0.2) is 0 Å². The number of amides is 1. The first-order valence-corrected chi connectivity index (χ1v) is 6.75. The molecule has 0 aromatic carbocycles. The number of aliphatic carboxylic acids is 1. The van der Waals surface area contributed by atoms with Gasteiger partial charge in [-0.2, -0.15) is 0 Å². The Morgan fingerprint density at radius 1 is 1.22 bits per heavy atom. The van der Waals surface area contributed by atoms with Crippen molar-refractivity contribution in [3.8, 4) is 0 Å². The van der Waals surface area contributed by atoms with Crippen LogP contribution in [0.1, 0.15) is 19.3 Å². The smallest absolute Gasteiger partial charge is 0.307 e. The SMILES string of the molecule is O=C(O)[C@@H]1[C@@H]2CN(C(=O)[C@]34C[C@@H](O)[C@H]3C4)CC[C@@H]21. The number of carboxylic acid groups (broad SMARTS) is 1. The molecule has 0 spiro atoms. The van der Waals surface area contributed by atoms with E-state index >= 15 is 0 Å². The maximum absolute atomic E-state index is 12.4. The predicted molar refractivity (Wildman–Crippen MR) is 60.5 cm³/mol. The number of aliphatic hydroxyl groups is 1. The Balaban J connectivity index is 1.43. The number of carboxylic acids is 1. The molecule has 3 aliphatic carbocycles. The van der Waals surface area contributed by atoms with Crippen LogP contribution < -0.4 is 0 Å². The predicted octanol–water partition coefficient (Wildman–Crippen LogP) is -0.0636. The molecule has 5 heteroatoms. The van der Waals surface area contributed by atoms with Crippen molar-refractivity contribution in [3.05, 3.63) is 0 Å². The highest BCUT2D eigenvalue weighted by Crippen LogP contribution is 2.68. The zero-order valence-electron chi connectivity index (χ0n) is 10.1. The van der Waals surface area contributed by atoms with Gasteiger partial charge in [0.2, 0.25) is 5.91 Å². The third-order valence-electron chi connectivity index (χ3n) is 5.67. The first-order chi connectivity index (χ1) is 8.54. The van der Waals surface area contributed by atoms with Crippen LogP contribution in [0.5, 0.6) is 0 Å². The van der Waals surface area contributed by atoms with E-state index in [2.05, 4.69) is 0 Å². The molecule has 1 heterocycles. The highest BCUT2D eigenvalue weighted by Gasteiger charge is 2.72. The van der Waals surface area contributed by atoms with Gasteiger partial charge in [0.25, 0.3) is 0 Å². The third kappa shape index (κ3) is 1.16. The van der Waals surface area contributed by atoms with Crippen LogP contribution in [-0.2, 0) is 9.59 Å². The van der Waals surface area contributed by atoms with Gasteiger partial charge in [0.15, 0.2) is 0 Å². The number of likely N-dealkylation sites (tertiary alicyclic amines) is 1. The molecule has 6 atom stereocenters. The van der Waals surface area contributed by atoms with Gasteiger partial charge in [-0.1, -0.05) is 0 Å². The van der Waals surface area contributed by atoms with E-state index in [4.69, 9.17) is 5.11 Å². The van der Waals surface area contributed by atoms with E-state index in [-0.39, 0.29) is 35.2 Å². The van der Waals surface area contributed by atoms with Crippen LogP contribution in [-0.4, -0.2) is 46.2 Å². The van der Waals surface area contributed by atoms with Crippen molar-refractivity contribution < 1.29 is 19.8 Å². The van der Waals surface area contributed by atoms with E-state index < -0.39 is 5.97 Å². The van der Waals surface area contributed by atoms with Gasteiger partial charge in [-0.3, -0.25) is 9.59 Å². The monoisotopic (exact) mass is 251 g/mol. The van der Waals surface area contributed by atoms with Gasteiger partial charge in [0.05, 0.1) is 17.4 Å². The second kappa shape index (κ2) is 3.07. The average Bonchev–Trinajstić information content (AvgIpc) is 3.18. The molecule has 0 aromatic rings. The molecule has 4 rings (SSSR count). The number of nitrogens with zero attached hydrogens (tertiary/aromatic N) is 1. The lowest BCUT2D eigenvalue weighted by molar-refractivity contribution is -0.145. The standard InChI is InChI=1S/C13H17NO4/c15-9-4-13(3-8(9)13)12(18)14-2-1-6-7(5-14)10(6)11(16)17/h6-10,15H,1-5H2,(H,16,17)/t6-,7+,8+,9+,10-,13+/m0/s1. The van der Waals surface area contributed by atoms with Crippen molar-refractivity contribution in [1.82, 2.24) is 4.90 Å². The van der Waals surface area contributed by atoms with E-state index in [0.29, 0.717) is 25.4 Å². The zero-order chi connectivity index (χ0) is 12.7. The molecule has 0 unspecified atom stereocenters. The maximum Gasteiger partial charge on any atom is 0.307 e. The summed E-state index contributed by atoms with van der Waals surface area (Å²) in [6.45, 7) is 1.32. The number of hydrogen-bond donors (Lipinski definition) is 2. The van der Waals surface area contributed by atoms with Gasteiger partial charge in [0, 0.05) is 19.0 Å². The highest BCUT2D eigenvalue weighted by molar-refractivity contribution is 5.88. The Bertz CT molecular complexity index is 450. The molecule has 1 saturated heterocycles. The molecule has 1 amide bonds. The summed E-state index contributed by atoms with van der Waals surface area (Å²) in [5.74, 6) is -0.0857. The topological polar surface area (TPSA) is 77.8 Å². The summed E-state index contributed by atoms with van der Waals surface area (Å²) in [5, 5.41) is 18.5. The molecule has 1 aliphatic heterocycles. The van der Waals surface area contributed by atoms with Crippen LogP contribution in [0.2, 0.25) is 0 Å². The van der Waals surface area contributed by atoms with Crippen LogP contribution in [0.3, 0.4) is 0 Å². The van der Waals surface area contributed by atoms with Crippen molar-refractivity contribution >= 4 is 11.9 Å². The number of aliphatic hydroxyl groups excluding tert-OH is 1. The molecule has 4 fully saturated rings. The van der Waals surface area contributed by atoms with Crippen LogP contribution in [0.4, 0.5) is 0 Å². The summed E-state index contributed by atoms with van der Waals surface area (Å²) in [6.07, 6.45) is 2.00. The van der Waals surface area contributed by atoms with Gasteiger partial charge in [-0.05, 0) is 31.1 Å². The number of rotatable bonds is 2. The Hall–Kier alpha value is -1.10. The van der Waals surface area contributed by atoms with Crippen molar-refractivity contribution in [2.45, 2.75) is 25.4 Å². The second-order valence-corrected chi connectivity index (χ2v) is 6.47. The number of fused-ring (bicyclic) bond motifs is 2. The molecule has 3 saturated carbocycles. The molecular formula is C13H17NO4. The molecule has 0 radical (unpaired) electrons. The fourth-order valence-electron chi connectivity index (χ4n) is 4.36. The summed E-state index contributed by atoms with van der Waals surface area (Å²) in [5.41, 5.74) is -0.250. The fraction of sp³-hybridized carbons (Fsp3) is 0.846. The number of hydrogen-bond acceptors (Lipinski definition) is 3. The lowest BCUT2D eigenvalue weighted by atomic mass is 9.80. The summed E-state index contributed by atoms with van der Waals surface area (Å²) in [6, 6.07) is 0. The summed E-state index contributed by atoms with van der Waals surface area (Å²) in [7, 11) is 0. The Morgan fingerprint density at radius 3 is 2.56 bits per heavy atom. The fourth-order valence-corrected chi connectivity index (χ4v) is 4.36. The lowest BCUT2D eigenvalue weighted by Crippen LogP contribution is -2.47. The number of carbonyl (C=O) groups is 2. The number of piperidine rings is 1. The van der Waals surface area contributed by atoms with Crippen molar-refractivity contribution in [2.24, 2.45) is 29.1 Å². The quantitative estimate of drug-likeness (QED) is 0.720. The van der Waals surface area contributed by atoms with Crippen molar-refractivity contribution in [1.29, 1.82) is 0 Å². The molecule has 0 bridgehead atoms. The maximum atomic E-state index is 12.4. The molecule has 5 nitrogen and oxygen atoms in total. The van der Waals surface area contributed by atoms with Crippen molar-refractivity contribution in [2.75, 3.05) is 13.1 Å². The first-order valence-electron chi connectivity index (χ1n) is 6.75. The molecule has 0 aromatic heterocycles. The normalized spacial score (nSPS) is 51.8. The minimum Gasteiger partial charge on any atom is -0.481 e. The molecule has 4 aliphatic rings. The molecular weight excluding hydrogens is 234 g/mol.